The van der Waals surface area contributed by atoms with Crippen LogP contribution in [0.25, 0.3) is 22.2 Å². The molecule has 1 unspecified atom stereocenters. The van der Waals surface area contributed by atoms with Crippen molar-refractivity contribution in [2.45, 2.75) is 63.9 Å². The number of carbonyl (C=O) groups is 2. The first kappa shape index (κ1) is 33.2. The minimum absolute atomic E-state index is 0.0398. The molecule has 2 aliphatic heterocycles. The third-order valence-corrected chi connectivity index (χ3v) is 8.93. The van der Waals surface area contributed by atoms with Gasteiger partial charge in [-0.05, 0) is 39.8 Å². The van der Waals surface area contributed by atoms with Crippen molar-refractivity contribution >= 4 is 30.7 Å². The van der Waals surface area contributed by atoms with Crippen molar-refractivity contribution in [1.29, 1.82) is 0 Å². The maximum Gasteiger partial charge on any atom is 0.459 e. The summed E-state index contributed by atoms with van der Waals surface area (Å²) in [5, 5.41) is 16.0. The number of hydrogen-bond acceptors (Lipinski definition) is 11. The topological polar surface area (TPSA) is 161 Å². The number of rotatable bonds is 11. The highest BCUT2D eigenvalue weighted by atomic mass is 31.2. The largest absolute Gasteiger partial charge is 0.462 e. The van der Waals surface area contributed by atoms with Crippen molar-refractivity contribution in [3.63, 3.8) is 0 Å². The lowest BCUT2D eigenvalue weighted by atomic mass is 9.98. The number of benzene rings is 2. The van der Waals surface area contributed by atoms with E-state index in [0.717, 1.165) is 13.0 Å². The minimum atomic E-state index is -4.50. The number of carbonyl (C=O) groups excluding carboxylic acids is 2. The van der Waals surface area contributed by atoms with E-state index in [1.54, 1.807) is 68.7 Å². The normalized spacial score (nSPS) is 24.9. The maximum atomic E-state index is 15.9. The lowest BCUT2D eigenvalue weighted by Gasteiger charge is -2.35. The Hall–Kier alpha value is -4.20. The number of hydrogen-bond donors (Lipinski definition) is 3. The standard InChI is InChI=1S/C31H35FN5O8P/c1-18(2)43-29(40)19(3)36-46(41,42-17-25-28(39)31(5,32)30(44-25)37-16-13-26(38)35-20(37)4)45-24-12-7-6-9-21(24)22-10-8-11-23-27(22)34-15-14-33-23/h6-16,18-19,25,28,30,39H,4,17H2,1-3,5H3,(H,35,38)(H,36,41)/t19-,25+,28+,30+,31+,46?/m0/s1. The van der Waals surface area contributed by atoms with Gasteiger partial charge >= 0.3 is 13.7 Å². The highest BCUT2D eigenvalue weighted by Crippen LogP contribution is 2.49. The molecule has 15 heteroatoms. The summed E-state index contributed by atoms with van der Waals surface area (Å²) in [6, 6.07) is 11.0. The molecule has 0 bridgehead atoms. The highest BCUT2D eigenvalue weighted by Gasteiger charge is 2.57. The predicted octanol–water partition coefficient (Wildman–Crippen LogP) is 3.96. The molecule has 244 valence electrons. The average molecular weight is 656 g/mol. The number of nitrogens with zero attached hydrogens (tertiary/aromatic N) is 3. The van der Waals surface area contributed by atoms with Gasteiger partial charge < -0.3 is 29.3 Å². The van der Waals surface area contributed by atoms with Crippen molar-refractivity contribution < 1.29 is 42.2 Å². The third-order valence-electron chi connectivity index (χ3n) is 7.30. The molecule has 3 heterocycles. The Bertz CT molecular complexity index is 1710. The number of aromatic nitrogens is 2. The van der Waals surface area contributed by atoms with Gasteiger partial charge in [0.25, 0.3) is 5.91 Å². The summed E-state index contributed by atoms with van der Waals surface area (Å²) >= 11 is 0. The van der Waals surface area contributed by atoms with Crippen LogP contribution >= 0.6 is 7.75 Å². The Morgan fingerprint density at radius 3 is 2.65 bits per heavy atom. The van der Waals surface area contributed by atoms with Crippen LogP contribution in [0.3, 0.4) is 0 Å². The van der Waals surface area contributed by atoms with E-state index in [2.05, 4.69) is 27.0 Å². The Labute approximate surface area is 265 Å². The van der Waals surface area contributed by atoms with Crippen LogP contribution in [-0.2, 0) is 28.2 Å². The van der Waals surface area contributed by atoms with Gasteiger partial charge in [0.1, 0.15) is 29.8 Å². The average Bonchev–Trinajstić information content (AvgIpc) is 3.23. The number of para-hydroxylation sites is 2. The van der Waals surface area contributed by atoms with E-state index in [9.17, 15) is 19.3 Å². The van der Waals surface area contributed by atoms with Gasteiger partial charge in [-0.25, -0.2) is 8.96 Å². The summed E-state index contributed by atoms with van der Waals surface area (Å²) in [6.45, 7) is 8.98. The fourth-order valence-electron chi connectivity index (χ4n) is 5.05. The van der Waals surface area contributed by atoms with Gasteiger partial charge in [0.15, 0.2) is 11.9 Å². The quantitative estimate of drug-likeness (QED) is 0.202. The summed E-state index contributed by atoms with van der Waals surface area (Å²) in [7, 11) is -4.50. The molecule has 0 radical (unpaired) electrons. The van der Waals surface area contributed by atoms with E-state index in [4.69, 9.17) is 18.5 Å². The summed E-state index contributed by atoms with van der Waals surface area (Å²) in [6.07, 6.45) is 0.594. The molecule has 1 aromatic heterocycles. The van der Waals surface area contributed by atoms with Crippen molar-refractivity contribution in [3.8, 4) is 16.9 Å². The molecule has 1 amide bonds. The summed E-state index contributed by atoms with van der Waals surface area (Å²) in [4.78, 5) is 34.4. The highest BCUT2D eigenvalue weighted by molar-refractivity contribution is 7.52. The van der Waals surface area contributed by atoms with Crippen LogP contribution in [0.5, 0.6) is 5.75 Å². The van der Waals surface area contributed by atoms with Gasteiger partial charge in [0.2, 0.25) is 0 Å². The molecule has 46 heavy (non-hydrogen) atoms. The van der Waals surface area contributed by atoms with Crippen molar-refractivity contribution in [2.75, 3.05) is 6.61 Å². The van der Waals surface area contributed by atoms with E-state index in [1.807, 2.05) is 0 Å². The van der Waals surface area contributed by atoms with Gasteiger partial charge in [0.05, 0.1) is 23.7 Å². The Balaban J connectivity index is 1.44. The number of ether oxygens (including phenoxy) is 2. The molecular formula is C31H35FN5O8P. The molecule has 1 fully saturated rings. The lowest BCUT2D eigenvalue weighted by Crippen LogP contribution is -2.51. The SMILES string of the molecule is C=C1NC(=O)C=CN1[C@@H]1O[C@H](COP(=O)(N[C@@H](C)C(=O)OC(C)C)Oc2ccccc2-c2cccc3nccnc23)[C@@H](O)[C@@]1(C)F. The second-order valence-electron chi connectivity index (χ2n) is 11.2. The molecule has 5 rings (SSSR count). The maximum absolute atomic E-state index is 15.9. The van der Waals surface area contributed by atoms with Crippen molar-refractivity contribution in [3.05, 3.63) is 79.5 Å². The molecule has 3 aromatic rings. The number of nitrogens with one attached hydrogen (secondary N) is 2. The Kier molecular flexibility index (Phi) is 9.57. The van der Waals surface area contributed by atoms with Crippen LogP contribution in [-0.4, -0.2) is 74.7 Å². The second-order valence-corrected chi connectivity index (χ2v) is 12.9. The van der Waals surface area contributed by atoms with Gasteiger partial charge in [0, 0.05) is 35.8 Å². The molecule has 2 aromatic carbocycles. The number of amides is 1. The van der Waals surface area contributed by atoms with Crippen LogP contribution in [0.15, 0.2) is 79.5 Å². The molecule has 0 spiro atoms. The van der Waals surface area contributed by atoms with Gasteiger partial charge in [-0.1, -0.05) is 36.9 Å². The molecule has 0 aliphatic carbocycles. The van der Waals surface area contributed by atoms with Crippen LogP contribution in [0, 0.1) is 0 Å². The van der Waals surface area contributed by atoms with E-state index < -0.39 is 62.5 Å². The van der Waals surface area contributed by atoms with Gasteiger partial charge in [-0.15, -0.1) is 0 Å². The third kappa shape index (κ3) is 6.96. The van der Waals surface area contributed by atoms with Gasteiger partial charge in [-0.2, -0.15) is 5.09 Å². The number of halogens is 1. The monoisotopic (exact) mass is 655 g/mol. The number of esters is 1. The fourth-order valence-corrected chi connectivity index (χ4v) is 6.57. The zero-order chi connectivity index (χ0) is 33.2. The van der Waals surface area contributed by atoms with Gasteiger partial charge in [-0.3, -0.25) is 24.1 Å². The number of fused-ring (bicyclic) bond motifs is 1. The van der Waals surface area contributed by atoms with E-state index >= 15 is 4.39 Å². The van der Waals surface area contributed by atoms with Crippen LogP contribution in [0.1, 0.15) is 27.7 Å². The van der Waals surface area contributed by atoms with Crippen LogP contribution in [0.4, 0.5) is 4.39 Å². The number of aliphatic hydroxyl groups is 1. The predicted molar refractivity (Wildman–Crippen MR) is 165 cm³/mol. The molecular weight excluding hydrogens is 620 g/mol. The number of alkyl halides is 1. The summed E-state index contributed by atoms with van der Waals surface area (Å²) in [5.41, 5.74) is -0.0497. The molecule has 6 atom stereocenters. The van der Waals surface area contributed by atoms with E-state index in [1.165, 1.54) is 18.0 Å². The molecule has 1 saturated heterocycles. The van der Waals surface area contributed by atoms with Crippen molar-refractivity contribution in [2.24, 2.45) is 0 Å². The molecule has 2 aliphatic rings. The van der Waals surface area contributed by atoms with Crippen molar-refractivity contribution in [1.82, 2.24) is 25.3 Å². The number of aliphatic hydroxyl groups excluding tert-OH is 1. The van der Waals surface area contributed by atoms with E-state index in [0.29, 0.717) is 22.2 Å². The second kappa shape index (κ2) is 13.3. The van der Waals surface area contributed by atoms with Crippen LogP contribution < -0.4 is 14.9 Å². The Morgan fingerprint density at radius 1 is 1.20 bits per heavy atom. The first-order chi connectivity index (χ1) is 21.8. The zero-order valence-electron chi connectivity index (χ0n) is 25.6. The summed E-state index contributed by atoms with van der Waals surface area (Å²) in [5.74, 6) is -1.01. The van der Waals surface area contributed by atoms with Crippen LogP contribution in [0.2, 0.25) is 0 Å². The summed E-state index contributed by atoms with van der Waals surface area (Å²) < 4.78 is 53.2. The molecule has 3 N–H and O–H groups in total. The Morgan fingerprint density at radius 2 is 1.91 bits per heavy atom. The zero-order valence-corrected chi connectivity index (χ0v) is 26.5. The lowest BCUT2D eigenvalue weighted by molar-refractivity contribution is -0.149. The smallest absolute Gasteiger partial charge is 0.459 e. The van der Waals surface area contributed by atoms with E-state index in [-0.39, 0.29) is 11.6 Å². The first-order valence-corrected chi connectivity index (χ1v) is 16.0. The minimum Gasteiger partial charge on any atom is -0.462 e. The first-order valence-electron chi connectivity index (χ1n) is 14.5. The molecule has 0 saturated carbocycles. The fraction of sp³-hybridized carbons (Fsp3) is 0.355. The molecule has 13 nitrogen and oxygen atoms in total.